The molecule has 0 bridgehead atoms. The highest BCUT2D eigenvalue weighted by Crippen LogP contribution is 2.21. The van der Waals surface area contributed by atoms with Gasteiger partial charge < -0.3 is 10.4 Å². The Bertz CT molecular complexity index is 638. The molecule has 0 fully saturated rings. The molecule has 0 aromatic heterocycles. The smallest absolute Gasteiger partial charge is 0.255 e. The summed E-state index contributed by atoms with van der Waals surface area (Å²) in [5.41, 5.74) is 2.85. The minimum absolute atomic E-state index is 0.146. The molecule has 2 aromatic rings. The first-order valence-corrected chi connectivity index (χ1v) is 6.22. The SMILES string of the molecule is Cc1ccc(NC(=O)c2ccc(O)cc2C)cc1Cl. The van der Waals surface area contributed by atoms with E-state index in [0.717, 1.165) is 11.1 Å². The number of amides is 1. The van der Waals surface area contributed by atoms with Crippen LogP contribution in [0.2, 0.25) is 5.02 Å². The van der Waals surface area contributed by atoms with Gasteiger partial charge in [-0.15, -0.1) is 0 Å². The summed E-state index contributed by atoms with van der Waals surface area (Å²) >= 11 is 6.01. The van der Waals surface area contributed by atoms with Gasteiger partial charge in [-0.25, -0.2) is 0 Å². The fraction of sp³-hybridized carbons (Fsp3) is 0.133. The average molecular weight is 276 g/mol. The van der Waals surface area contributed by atoms with E-state index in [9.17, 15) is 9.90 Å². The molecular formula is C15H14ClNO2. The lowest BCUT2D eigenvalue weighted by Gasteiger charge is -2.09. The summed E-state index contributed by atoms with van der Waals surface area (Å²) in [6.45, 7) is 3.68. The molecule has 0 aliphatic heterocycles. The Morgan fingerprint density at radius 2 is 1.84 bits per heavy atom. The van der Waals surface area contributed by atoms with E-state index in [4.69, 9.17) is 11.6 Å². The summed E-state index contributed by atoms with van der Waals surface area (Å²) in [6.07, 6.45) is 0. The van der Waals surface area contributed by atoms with Gasteiger partial charge in [-0.3, -0.25) is 4.79 Å². The van der Waals surface area contributed by atoms with Gasteiger partial charge in [-0.2, -0.15) is 0 Å². The maximum Gasteiger partial charge on any atom is 0.255 e. The Kier molecular flexibility index (Phi) is 3.76. The minimum atomic E-state index is -0.225. The standard InChI is InChI=1S/C15H14ClNO2/c1-9-3-4-11(8-14(9)16)17-15(19)13-6-5-12(18)7-10(13)2/h3-8,18H,1-2H3,(H,17,19). The first kappa shape index (κ1) is 13.4. The zero-order valence-corrected chi connectivity index (χ0v) is 11.5. The predicted octanol–water partition coefficient (Wildman–Crippen LogP) is 3.91. The van der Waals surface area contributed by atoms with Crippen LogP contribution in [0, 0.1) is 13.8 Å². The number of anilines is 1. The normalized spacial score (nSPS) is 10.3. The number of halogens is 1. The summed E-state index contributed by atoms with van der Waals surface area (Å²) in [5.74, 6) is -0.0788. The highest BCUT2D eigenvalue weighted by molar-refractivity contribution is 6.31. The fourth-order valence-corrected chi connectivity index (χ4v) is 1.95. The van der Waals surface area contributed by atoms with E-state index in [1.807, 2.05) is 13.0 Å². The zero-order valence-electron chi connectivity index (χ0n) is 10.7. The van der Waals surface area contributed by atoms with Crippen LogP contribution >= 0.6 is 11.6 Å². The number of carbonyl (C=O) groups is 1. The third-order valence-corrected chi connectivity index (χ3v) is 3.29. The molecule has 0 saturated carbocycles. The van der Waals surface area contributed by atoms with Crippen LogP contribution in [0.4, 0.5) is 5.69 Å². The lowest BCUT2D eigenvalue weighted by atomic mass is 10.1. The number of rotatable bonds is 2. The molecule has 2 N–H and O–H groups in total. The van der Waals surface area contributed by atoms with Crippen LogP contribution in [0.25, 0.3) is 0 Å². The van der Waals surface area contributed by atoms with Crippen molar-refractivity contribution < 1.29 is 9.90 Å². The van der Waals surface area contributed by atoms with Gasteiger partial charge >= 0.3 is 0 Å². The highest BCUT2D eigenvalue weighted by Gasteiger charge is 2.10. The molecule has 0 saturated heterocycles. The summed E-state index contributed by atoms with van der Waals surface area (Å²) < 4.78 is 0. The van der Waals surface area contributed by atoms with Crippen LogP contribution in [0.15, 0.2) is 36.4 Å². The molecule has 0 atom stereocenters. The van der Waals surface area contributed by atoms with Gasteiger partial charge in [0.05, 0.1) is 0 Å². The van der Waals surface area contributed by atoms with Gasteiger partial charge in [0.25, 0.3) is 5.91 Å². The van der Waals surface area contributed by atoms with Gasteiger partial charge in [0.15, 0.2) is 0 Å². The number of phenols is 1. The second kappa shape index (κ2) is 5.33. The lowest BCUT2D eigenvalue weighted by molar-refractivity contribution is 0.102. The third kappa shape index (κ3) is 3.06. The topological polar surface area (TPSA) is 49.3 Å². The van der Waals surface area contributed by atoms with Gasteiger partial charge in [-0.05, 0) is 55.3 Å². The number of hydrogen-bond acceptors (Lipinski definition) is 2. The molecule has 1 amide bonds. The lowest BCUT2D eigenvalue weighted by Crippen LogP contribution is -2.13. The van der Waals surface area contributed by atoms with Gasteiger partial charge in [0.1, 0.15) is 5.75 Å². The Labute approximate surface area is 116 Å². The van der Waals surface area contributed by atoms with E-state index in [-0.39, 0.29) is 11.7 Å². The molecule has 98 valence electrons. The van der Waals surface area contributed by atoms with Crippen molar-refractivity contribution in [1.82, 2.24) is 0 Å². The fourth-order valence-electron chi connectivity index (χ4n) is 1.77. The van der Waals surface area contributed by atoms with Crippen LogP contribution in [0.5, 0.6) is 5.75 Å². The first-order chi connectivity index (χ1) is 8.97. The number of hydrogen-bond donors (Lipinski definition) is 2. The van der Waals surface area contributed by atoms with E-state index in [0.29, 0.717) is 16.3 Å². The summed E-state index contributed by atoms with van der Waals surface area (Å²) in [6, 6.07) is 10.00. The van der Waals surface area contributed by atoms with Crippen molar-refractivity contribution in [3.63, 3.8) is 0 Å². The number of carbonyl (C=O) groups excluding carboxylic acids is 1. The molecule has 0 aliphatic rings. The predicted molar refractivity (Wildman–Crippen MR) is 77.0 cm³/mol. The molecule has 0 unspecified atom stereocenters. The molecule has 0 radical (unpaired) electrons. The third-order valence-electron chi connectivity index (χ3n) is 2.88. The molecule has 4 heteroatoms. The van der Waals surface area contributed by atoms with Crippen LogP contribution in [-0.4, -0.2) is 11.0 Å². The first-order valence-electron chi connectivity index (χ1n) is 5.84. The van der Waals surface area contributed by atoms with E-state index in [1.165, 1.54) is 6.07 Å². The molecule has 0 spiro atoms. The summed E-state index contributed by atoms with van der Waals surface area (Å²) in [7, 11) is 0. The Balaban J connectivity index is 2.23. The quantitative estimate of drug-likeness (QED) is 0.873. The molecule has 0 heterocycles. The maximum atomic E-state index is 12.1. The number of aromatic hydroxyl groups is 1. The number of phenolic OH excluding ortho intramolecular Hbond substituents is 1. The number of nitrogens with one attached hydrogen (secondary N) is 1. The van der Waals surface area contributed by atoms with Crippen LogP contribution in [0.1, 0.15) is 21.5 Å². The Hall–Kier alpha value is -2.00. The molecule has 3 nitrogen and oxygen atoms in total. The number of benzene rings is 2. The molecular weight excluding hydrogens is 262 g/mol. The van der Waals surface area contributed by atoms with Gasteiger partial charge in [-0.1, -0.05) is 17.7 Å². The average Bonchev–Trinajstić information content (AvgIpc) is 2.33. The van der Waals surface area contributed by atoms with Crippen molar-refractivity contribution in [1.29, 1.82) is 0 Å². The van der Waals surface area contributed by atoms with E-state index in [1.54, 1.807) is 31.2 Å². The van der Waals surface area contributed by atoms with Crippen molar-refractivity contribution in [2.24, 2.45) is 0 Å². The van der Waals surface area contributed by atoms with Gasteiger partial charge in [0, 0.05) is 16.3 Å². The van der Waals surface area contributed by atoms with E-state index < -0.39 is 0 Å². The number of aryl methyl sites for hydroxylation is 2. The van der Waals surface area contributed by atoms with Crippen molar-refractivity contribution in [3.05, 3.63) is 58.1 Å². The largest absolute Gasteiger partial charge is 0.508 e. The van der Waals surface area contributed by atoms with E-state index >= 15 is 0 Å². The minimum Gasteiger partial charge on any atom is -0.508 e. The van der Waals surface area contributed by atoms with E-state index in [2.05, 4.69) is 5.32 Å². The molecule has 2 rings (SSSR count). The summed E-state index contributed by atoms with van der Waals surface area (Å²) in [5, 5.41) is 12.7. The highest BCUT2D eigenvalue weighted by atomic mass is 35.5. The molecule has 2 aromatic carbocycles. The second-order valence-corrected chi connectivity index (χ2v) is 4.82. The van der Waals surface area contributed by atoms with Crippen LogP contribution in [-0.2, 0) is 0 Å². The van der Waals surface area contributed by atoms with Gasteiger partial charge in [0.2, 0.25) is 0 Å². The zero-order chi connectivity index (χ0) is 14.0. The van der Waals surface area contributed by atoms with Crippen molar-refractivity contribution in [2.75, 3.05) is 5.32 Å². The molecule has 0 aliphatic carbocycles. The Morgan fingerprint density at radius 1 is 1.11 bits per heavy atom. The van der Waals surface area contributed by atoms with Crippen molar-refractivity contribution >= 4 is 23.2 Å². The van der Waals surface area contributed by atoms with Crippen LogP contribution < -0.4 is 5.32 Å². The van der Waals surface area contributed by atoms with Crippen LogP contribution in [0.3, 0.4) is 0 Å². The Morgan fingerprint density at radius 3 is 2.47 bits per heavy atom. The van der Waals surface area contributed by atoms with Crippen molar-refractivity contribution in [2.45, 2.75) is 13.8 Å². The second-order valence-electron chi connectivity index (χ2n) is 4.42. The molecule has 19 heavy (non-hydrogen) atoms. The monoisotopic (exact) mass is 275 g/mol. The van der Waals surface area contributed by atoms with Crippen molar-refractivity contribution in [3.8, 4) is 5.75 Å². The maximum absolute atomic E-state index is 12.1. The summed E-state index contributed by atoms with van der Waals surface area (Å²) in [4.78, 5) is 12.1.